The van der Waals surface area contributed by atoms with E-state index in [1.807, 2.05) is 0 Å². The van der Waals surface area contributed by atoms with Crippen LogP contribution in [0.5, 0.6) is 5.75 Å². The highest BCUT2D eigenvalue weighted by molar-refractivity contribution is 6.30. The summed E-state index contributed by atoms with van der Waals surface area (Å²) in [5.41, 5.74) is 0.333. The molecular weight excluding hydrogens is 282 g/mol. The molecule has 108 valence electrons. The molecule has 20 heavy (non-hydrogen) atoms. The van der Waals surface area contributed by atoms with Gasteiger partial charge in [-0.25, -0.2) is 0 Å². The van der Waals surface area contributed by atoms with Crippen molar-refractivity contribution in [3.8, 4) is 5.75 Å². The Morgan fingerprint density at radius 3 is 2.80 bits per heavy atom. The van der Waals surface area contributed by atoms with Gasteiger partial charge >= 0.3 is 0 Å². The second-order valence-electron chi connectivity index (χ2n) is 4.50. The van der Waals surface area contributed by atoms with E-state index >= 15 is 0 Å². The molecule has 0 aliphatic carbocycles. The van der Waals surface area contributed by atoms with Crippen molar-refractivity contribution in [3.05, 3.63) is 28.8 Å². The lowest BCUT2D eigenvalue weighted by Gasteiger charge is -2.29. The Hall–Kier alpha value is -1.59. The zero-order valence-electron chi connectivity index (χ0n) is 11.2. The molecule has 1 atom stereocenters. The third kappa shape index (κ3) is 3.49. The zero-order valence-corrected chi connectivity index (χ0v) is 11.9. The van der Waals surface area contributed by atoms with E-state index in [1.165, 1.54) is 6.07 Å². The molecule has 2 rings (SSSR count). The van der Waals surface area contributed by atoms with E-state index < -0.39 is 6.10 Å². The highest BCUT2D eigenvalue weighted by Crippen LogP contribution is 2.22. The van der Waals surface area contributed by atoms with Gasteiger partial charge in [0.2, 0.25) is 0 Å². The first-order chi connectivity index (χ1) is 9.61. The number of nitrogens with zero attached hydrogens (tertiary/aromatic N) is 1. The summed E-state index contributed by atoms with van der Waals surface area (Å²) in [5, 5.41) is 0.451. The molecule has 0 N–H and O–H groups in total. The van der Waals surface area contributed by atoms with Crippen LogP contribution in [0.3, 0.4) is 0 Å². The summed E-state index contributed by atoms with van der Waals surface area (Å²) in [6.45, 7) is 3.88. The predicted molar refractivity (Wildman–Crippen MR) is 74.3 cm³/mol. The summed E-state index contributed by atoms with van der Waals surface area (Å²) in [6, 6.07) is 4.72. The van der Waals surface area contributed by atoms with Crippen LogP contribution in [0.2, 0.25) is 5.02 Å². The topological polar surface area (TPSA) is 55.8 Å². The Morgan fingerprint density at radius 2 is 2.15 bits per heavy atom. The zero-order chi connectivity index (χ0) is 14.5. The van der Waals surface area contributed by atoms with Crippen LogP contribution in [0, 0.1) is 0 Å². The summed E-state index contributed by atoms with van der Waals surface area (Å²) in [6.07, 6.45) is 0.000583. The minimum atomic E-state index is -0.659. The Morgan fingerprint density at radius 1 is 1.45 bits per heavy atom. The first kappa shape index (κ1) is 14.8. The molecule has 1 aromatic carbocycles. The van der Waals surface area contributed by atoms with Gasteiger partial charge in [-0.2, -0.15) is 0 Å². The van der Waals surface area contributed by atoms with Crippen LogP contribution < -0.4 is 4.74 Å². The smallest absolute Gasteiger partial charge is 0.263 e. The summed E-state index contributed by atoms with van der Waals surface area (Å²) in [4.78, 5) is 24.9. The number of morpholine rings is 1. The highest BCUT2D eigenvalue weighted by Gasteiger charge is 2.24. The Kier molecular flexibility index (Phi) is 4.98. The standard InChI is InChI=1S/C14H16ClNO4/c1-10(14(18)16-4-6-19-7-5-16)20-13-3-2-12(15)8-11(13)9-17/h2-3,8-10H,4-7H2,1H3. The van der Waals surface area contributed by atoms with Gasteiger partial charge in [0.15, 0.2) is 12.4 Å². The lowest BCUT2D eigenvalue weighted by molar-refractivity contribution is -0.142. The second kappa shape index (κ2) is 6.72. The van der Waals surface area contributed by atoms with Gasteiger partial charge < -0.3 is 14.4 Å². The molecule has 1 heterocycles. The van der Waals surface area contributed by atoms with Crippen LogP contribution in [0.1, 0.15) is 17.3 Å². The Bertz CT molecular complexity index is 500. The van der Waals surface area contributed by atoms with Crippen molar-refractivity contribution in [2.24, 2.45) is 0 Å². The molecule has 1 aliphatic rings. The lowest BCUT2D eigenvalue weighted by atomic mass is 10.2. The average molecular weight is 298 g/mol. The number of rotatable bonds is 4. The number of carbonyl (C=O) groups is 2. The summed E-state index contributed by atoms with van der Waals surface area (Å²) < 4.78 is 10.8. The number of halogens is 1. The maximum absolute atomic E-state index is 12.2. The average Bonchev–Trinajstić information content (AvgIpc) is 2.49. The molecule has 0 spiro atoms. The number of amides is 1. The number of ether oxygens (including phenoxy) is 2. The van der Waals surface area contributed by atoms with Crippen molar-refractivity contribution in [2.45, 2.75) is 13.0 Å². The van der Waals surface area contributed by atoms with Crippen molar-refractivity contribution < 1.29 is 19.1 Å². The largest absolute Gasteiger partial charge is 0.480 e. The van der Waals surface area contributed by atoms with E-state index in [9.17, 15) is 9.59 Å². The highest BCUT2D eigenvalue weighted by atomic mass is 35.5. The molecule has 1 aromatic rings. The minimum absolute atomic E-state index is 0.111. The van der Waals surface area contributed by atoms with E-state index in [1.54, 1.807) is 24.0 Å². The van der Waals surface area contributed by atoms with Crippen molar-refractivity contribution >= 4 is 23.8 Å². The van der Waals surface area contributed by atoms with Gasteiger partial charge in [-0.15, -0.1) is 0 Å². The Labute approximate surface area is 122 Å². The summed E-state index contributed by atoms with van der Waals surface area (Å²) >= 11 is 5.81. The van der Waals surface area contributed by atoms with Gasteiger partial charge in [-0.1, -0.05) is 11.6 Å². The fourth-order valence-corrected chi connectivity index (χ4v) is 2.18. The molecule has 6 heteroatoms. The first-order valence-corrected chi connectivity index (χ1v) is 6.77. The molecule has 0 radical (unpaired) electrons. The van der Waals surface area contributed by atoms with Crippen LogP contribution in [0.15, 0.2) is 18.2 Å². The summed E-state index contributed by atoms with van der Waals surface area (Å²) in [5.74, 6) is 0.249. The van der Waals surface area contributed by atoms with Gasteiger partial charge in [0.1, 0.15) is 5.75 Å². The monoisotopic (exact) mass is 297 g/mol. The lowest BCUT2D eigenvalue weighted by Crippen LogP contribution is -2.46. The fourth-order valence-electron chi connectivity index (χ4n) is 2.00. The molecule has 0 saturated carbocycles. The van der Waals surface area contributed by atoms with Gasteiger partial charge in [-0.3, -0.25) is 9.59 Å². The summed E-state index contributed by atoms with van der Waals surface area (Å²) in [7, 11) is 0. The number of hydrogen-bond donors (Lipinski definition) is 0. The number of aldehydes is 1. The predicted octanol–water partition coefficient (Wildman–Crippen LogP) is 1.78. The third-order valence-corrected chi connectivity index (χ3v) is 3.31. The van der Waals surface area contributed by atoms with Crippen LogP contribution in [-0.4, -0.2) is 49.5 Å². The Balaban J connectivity index is 2.05. The minimum Gasteiger partial charge on any atom is -0.480 e. The molecule has 5 nitrogen and oxygen atoms in total. The van der Waals surface area contributed by atoms with Crippen LogP contribution in [0.4, 0.5) is 0 Å². The van der Waals surface area contributed by atoms with Crippen molar-refractivity contribution in [2.75, 3.05) is 26.3 Å². The van der Waals surface area contributed by atoms with Gasteiger partial charge in [0, 0.05) is 18.1 Å². The van der Waals surface area contributed by atoms with E-state index in [-0.39, 0.29) is 5.91 Å². The molecule has 1 fully saturated rings. The molecule has 1 amide bonds. The number of benzene rings is 1. The van der Waals surface area contributed by atoms with Gasteiger partial charge in [0.05, 0.1) is 18.8 Å². The molecular formula is C14H16ClNO4. The van der Waals surface area contributed by atoms with Crippen LogP contribution >= 0.6 is 11.6 Å². The number of carbonyl (C=O) groups excluding carboxylic acids is 2. The molecule has 1 unspecified atom stereocenters. The molecule has 1 saturated heterocycles. The number of hydrogen-bond acceptors (Lipinski definition) is 4. The van der Waals surface area contributed by atoms with E-state index in [0.717, 1.165) is 0 Å². The molecule has 1 aliphatic heterocycles. The first-order valence-electron chi connectivity index (χ1n) is 6.39. The van der Waals surface area contributed by atoms with Crippen LogP contribution in [-0.2, 0) is 9.53 Å². The maximum Gasteiger partial charge on any atom is 0.263 e. The SMILES string of the molecule is CC(Oc1ccc(Cl)cc1C=O)C(=O)N1CCOCC1. The van der Waals surface area contributed by atoms with Crippen molar-refractivity contribution in [1.29, 1.82) is 0 Å². The molecule has 0 aromatic heterocycles. The third-order valence-electron chi connectivity index (χ3n) is 3.07. The quantitative estimate of drug-likeness (QED) is 0.795. The van der Waals surface area contributed by atoms with Crippen LogP contribution in [0.25, 0.3) is 0 Å². The van der Waals surface area contributed by atoms with Gasteiger partial charge in [0.25, 0.3) is 5.91 Å². The van der Waals surface area contributed by atoms with E-state index in [4.69, 9.17) is 21.1 Å². The normalized spacial score (nSPS) is 16.6. The fraction of sp³-hybridized carbons (Fsp3) is 0.429. The van der Waals surface area contributed by atoms with Gasteiger partial charge in [-0.05, 0) is 25.1 Å². The second-order valence-corrected chi connectivity index (χ2v) is 4.93. The van der Waals surface area contributed by atoms with E-state index in [0.29, 0.717) is 48.9 Å². The molecule has 0 bridgehead atoms. The van der Waals surface area contributed by atoms with Crippen molar-refractivity contribution in [3.63, 3.8) is 0 Å². The maximum atomic E-state index is 12.2. The van der Waals surface area contributed by atoms with Crippen molar-refractivity contribution in [1.82, 2.24) is 4.90 Å². The van der Waals surface area contributed by atoms with E-state index in [2.05, 4.69) is 0 Å².